The first-order valence-corrected chi connectivity index (χ1v) is 12.5. The van der Waals surface area contributed by atoms with Crippen LogP contribution in [0.15, 0.2) is 85.2 Å². The lowest BCUT2D eigenvalue weighted by Gasteiger charge is -2.35. The number of hydrogen-bond donors (Lipinski definition) is 2. The quantitative estimate of drug-likeness (QED) is 0.279. The number of nitrogens with one attached hydrogen (secondary N) is 2. The molecule has 9 nitrogen and oxygen atoms in total. The lowest BCUT2D eigenvalue weighted by atomic mass is 10.1. The molecular weight excluding hydrogens is 490 g/mol. The summed E-state index contributed by atoms with van der Waals surface area (Å²) < 4.78 is 5.51. The van der Waals surface area contributed by atoms with Crippen LogP contribution in [0, 0.1) is 6.92 Å². The normalized spacial score (nSPS) is 12.8. The number of anilines is 4. The van der Waals surface area contributed by atoms with Crippen molar-refractivity contribution >= 4 is 29.2 Å². The van der Waals surface area contributed by atoms with E-state index < -0.39 is 0 Å². The van der Waals surface area contributed by atoms with Crippen molar-refractivity contribution in [1.29, 1.82) is 0 Å². The highest BCUT2D eigenvalue weighted by atomic mass is 16.5. The summed E-state index contributed by atoms with van der Waals surface area (Å²) in [6.07, 6.45) is 3.57. The number of ether oxygens (including phenoxy) is 1. The molecule has 9 heteroatoms. The molecule has 1 aliphatic rings. The summed E-state index contributed by atoms with van der Waals surface area (Å²) in [5.74, 6) is 2.50. The Morgan fingerprint density at radius 1 is 0.974 bits per heavy atom. The van der Waals surface area contributed by atoms with E-state index in [1.54, 1.807) is 36.4 Å². The van der Waals surface area contributed by atoms with Crippen LogP contribution in [-0.2, 0) is 6.54 Å². The highest BCUT2D eigenvalue weighted by molar-refractivity contribution is 6.05. The topological polar surface area (TPSA) is 99.3 Å². The number of hydrogen-bond acceptors (Lipinski definition) is 6. The maximum atomic E-state index is 13.6. The number of nitrogens with zero attached hydrogens (tertiary/aromatic N) is 5. The van der Waals surface area contributed by atoms with Gasteiger partial charge in [0.1, 0.15) is 17.4 Å². The molecule has 0 atom stereocenters. The largest absolute Gasteiger partial charge is 0.496 e. The number of imidazole rings is 1. The fourth-order valence-electron chi connectivity index (χ4n) is 4.73. The van der Waals surface area contributed by atoms with E-state index in [1.807, 2.05) is 79.7 Å². The second kappa shape index (κ2) is 9.94. The lowest BCUT2D eigenvalue weighted by Crippen LogP contribution is -2.46. The van der Waals surface area contributed by atoms with Gasteiger partial charge >= 0.3 is 6.03 Å². The second-order valence-electron chi connectivity index (χ2n) is 9.31. The molecule has 3 aromatic carbocycles. The first kappa shape index (κ1) is 24.2. The summed E-state index contributed by atoms with van der Waals surface area (Å²) >= 11 is 0. The van der Waals surface area contributed by atoms with Crippen LogP contribution >= 0.6 is 0 Å². The van der Waals surface area contributed by atoms with Gasteiger partial charge in [-0.15, -0.1) is 0 Å². The Hall–Kier alpha value is -5.18. The number of benzene rings is 3. The molecular formula is C30H27N7O2. The number of aromatic amines is 1. The van der Waals surface area contributed by atoms with E-state index >= 15 is 0 Å². The molecule has 6 rings (SSSR count). The molecule has 0 bridgehead atoms. The van der Waals surface area contributed by atoms with E-state index in [2.05, 4.69) is 25.3 Å². The van der Waals surface area contributed by atoms with Gasteiger partial charge in [0, 0.05) is 41.3 Å². The number of aromatic nitrogens is 4. The van der Waals surface area contributed by atoms with Gasteiger partial charge in [-0.25, -0.2) is 14.8 Å². The molecule has 0 fully saturated rings. The van der Waals surface area contributed by atoms with Crippen LogP contribution in [0.4, 0.5) is 27.9 Å². The van der Waals surface area contributed by atoms with Crippen molar-refractivity contribution in [3.05, 3.63) is 96.3 Å². The number of aryl methyl sites for hydroxylation is 1. The zero-order valence-corrected chi connectivity index (χ0v) is 21.8. The van der Waals surface area contributed by atoms with Gasteiger partial charge in [-0.1, -0.05) is 42.5 Å². The number of para-hydroxylation sites is 2. The monoisotopic (exact) mass is 517 g/mol. The Morgan fingerprint density at radius 3 is 2.59 bits per heavy atom. The number of methoxy groups -OCH3 is 1. The minimum absolute atomic E-state index is 0.165. The van der Waals surface area contributed by atoms with Crippen molar-refractivity contribution in [1.82, 2.24) is 19.9 Å². The third-order valence-corrected chi connectivity index (χ3v) is 6.78. The molecule has 1 aliphatic heterocycles. The predicted molar refractivity (Wildman–Crippen MR) is 152 cm³/mol. The first-order chi connectivity index (χ1) is 19.0. The fraction of sp³-hybridized carbons (Fsp3) is 0.133. The van der Waals surface area contributed by atoms with E-state index in [4.69, 9.17) is 4.74 Å². The molecule has 194 valence electrons. The molecule has 2 N–H and O–H groups in total. The first-order valence-electron chi connectivity index (χ1n) is 12.5. The Kier molecular flexibility index (Phi) is 6.16. The Labute approximate surface area is 226 Å². The Morgan fingerprint density at radius 2 is 1.77 bits per heavy atom. The third kappa shape index (κ3) is 4.54. The molecule has 5 aromatic rings. The van der Waals surface area contributed by atoms with Crippen LogP contribution in [0.3, 0.4) is 0 Å². The predicted octanol–water partition coefficient (Wildman–Crippen LogP) is 6.17. The van der Waals surface area contributed by atoms with Crippen LogP contribution in [0.5, 0.6) is 5.75 Å². The van der Waals surface area contributed by atoms with Crippen LogP contribution in [0.25, 0.3) is 22.6 Å². The number of urea groups is 1. The number of fused-ring (bicyclic) bond motifs is 1. The van der Waals surface area contributed by atoms with Gasteiger partial charge in [-0.05, 0) is 42.8 Å². The number of carbonyl (C=O) groups is 1. The molecule has 0 unspecified atom stereocenters. The standard InChI is InChI=1S/C30H27N7O2/c1-19-13-14-20(27-31-17-24(34-27)23-11-7-8-12-26(23)39-3)15-25(19)37-18-21-16-32-29(33-22-9-5-4-6-10-22)35-28(21)36(2)30(37)38/h4-17H,18H2,1-3H3,(H,31,34)(H,32,33,35). The summed E-state index contributed by atoms with van der Waals surface area (Å²) in [6, 6.07) is 23.3. The van der Waals surface area contributed by atoms with E-state index in [9.17, 15) is 4.79 Å². The molecule has 0 spiro atoms. The van der Waals surface area contributed by atoms with Crippen LogP contribution < -0.4 is 19.9 Å². The number of rotatable bonds is 6. The summed E-state index contributed by atoms with van der Waals surface area (Å²) in [4.78, 5) is 34.0. The van der Waals surface area contributed by atoms with Gasteiger partial charge in [0.2, 0.25) is 5.95 Å². The minimum atomic E-state index is -0.165. The van der Waals surface area contributed by atoms with Crippen molar-refractivity contribution in [2.24, 2.45) is 0 Å². The highest BCUT2D eigenvalue weighted by Gasteiger charge is 2.31. The number of H-pyrrole nitrogens is 1. The van der Waals surface area contributed by atoms with E-state index in [-0.39, 0.29) is 6.03 Å². The molecule has 2 amide bonds. The minimum Gasteiger partial charge on any atom is -0.496 e. The maximum absolute atomic E-state index is 13.6. The van der Waals surface area contributed by atoms with E-state index in [0.717, 1.165) is 45.1 Å². The van der Waals surface area contributed by atoms with Crippen molar-refractivity contribution in [3.8, 4) is 28.4 Å². The summed E-state index contributed by atoms with van der Waals surface area (Å²) in [5, 5.41) is 3.20. The smallest absolute Gasteiger partial charge is 0.330 e. The average molecular weight is 518 g/mol. The fourth-order valence-corrected chi connectivity index (χ4v) is 4.73. The molecule has 0 saturated carbocycles. The van der Waals surface area contributed by atoms with Crippen LogP contribution in [0.2, 0.25) is 0 Å². The Bertz CT molecular complexity index is 1670. The zero-order valence-electron chi connectivity index (χ0n) is 21.8. The molecule has 3 heterocycles. The maximum Gasteiger partial charge on any atom is 0.330 e. The molecule has 39 heavy (non-hydrogen) atoms. The van der Waals surface area contributed by atoms with Crippen molar-refractivity contribution in [2.45, 2.75) is 13.5 Å². The molecule has 2 aromatic heterocycles. The van der Waals surface area contributed by atoms with E-state index in [0.29, 0.717) is 24.1 Å². The van der Waals surface area contributed by atoms with Crippen molar-refractivity contribution in [3.63, 3.8) is 0 Å². The second-order valence-corrected chi connectivity index (χ2v) is 9.31. The van der Waals surface area contributed by atoms with Gasteiger partial charge in [-0.3, -0.25) is 9.80 Å². The van der Waals surface area contributed by atoms with E-state index in [1.165, 1.54) is 0 Å². The SMILES string of the molecule is COc1ccccc1-c1cnc(-c2ccc(C)c(N3Cc4cnc(Nc5ccccc5)nc4N(C)C3=O)c2)[nH]1. The van der Waals surface area contributed by atoms with Crippen LogP contribution in [0.1, 0.15) is 11.1 Å². The number of amides is 2. The average Bonchev–Trinajstić information content (AvgIpc) is 3.46. The van der Waals surface area contributed by atoms with Gasteiger partial charge in [-0.2, -0.15) is 4.98 Å². The van der Waals surface area contributed by atoms with Gasteiger partial charge in [0.25, 0.3) is 0 Å². The van der Waals surface area contributed by atoms with Gasteiger partial charge in [0.05, 0.1) is 25.5 Å². The lowest BCUT2D eigenvalue weighted by molar-refractivity contribution is 0.251. The van der Waals surface area contributed by atoms with Gasteiger partial charge < -0.3 is 15.0 Å². The molecule has 0 radical (unpaired) electrons. The zero-order chi connectivity index (χ0) is 26.9. The molecule has 0 aliphatic carbocycles. The molecule has 0 saturated heterocycles. The Balaban J connectivity index is 1.30. The van der Waals surface area contributed by atoms with Gasteiger partial charge in [0.15, 0.2) is 0 Å². The van der Waals surface area contributed by atoms with Crippen molar-refractivity contribution < 1.29 is 9.53 Å². The summed E-state index contributed by atoms with van der Waals surface area (Å²) in [5.41, 5.74) is 6.16. The summed E-state index contributed by atoms with van der Waals surface area (Å²) in [6.45, 7) is 2.35. The summed E-state index contributed by atoms with van der Waals surface area (Å²) in [7, 11) is 3.39. The number of carbonyl (C=O) groups excluding carboxylic acids is 1. The van der Waals surface area contributed by atoms with Crippen LogP contribution in [-0.4, -0.2) is 40.1 Å². The highest BCUT2D eigenvalue weighted by Crippen LogP contribution is 2.35. The van der Waals surface area contributed by atoms with Crippen molar-refractivity contribution in [2.75, 3.05) is 29.3 Å². The third-order valence-electron chi connectivity index (χ3n) is 6.78.